The van der Waals surface area contributed by atoms with Crippen molar-refractivity contribution >= 4 is 41.5 Å². The zero-order chi connectivity index (χ0) is 12.3. The van der Waals surface area contributed by atoms with Crippen molar-refractivity contribution in [3.05, 3.63) is 33.8 Å². The topological polar surface area (TPSA) is 32.3 Å². The standard InChI is InChI=1S/C12H14Cl2N2O.ClH/c13-10-6-9(7-11(14)8-10)12(17)16-4-1-2-15-3-5-16;/h6-8,15H,1-5H2;1H. The van der Waals surface area contributed by atoms with E-state index in [1.54, 1.807) is 18.2 Å². The molecule has 0 aliphatic carbocycles. The first-order valence-electron chi connectivity index (χ1n) is 5.63. The molecule has 1 amide bonds. The smallest absolute Gasteiger partial charge is 0.254 e. The van der Waals surface area contributed by atoms with Gasteiger partial charge in [-0.25, -0.2) is 0 Å². The summed E-state index contributed by atoms with van der Waals surface area (Å²) in [7, 11) is 0. The van der Waals surface area contributed by atoms with Gasteiger partial charge in [0.1, 0.15) is 0 Å². The van der Waals surface area contributed by atoms with Gasteiger partial charge in [0.05, 0.1) is 0 Å². The van der Waals surface area contributed by atoms with Gasteiger partial charge in [-0.3, -0.25) is 4.79 Å². The number of carbonyl (C=O) groups excluding carboxylic acids is 1. The van der Waals surface area contributed by atoms with E-state index >= 15 is 0 Å². The first-order valence-corrected chi connectivity index (χ1v) is 6.38. The quantitative estimate of drug-likeness (QED) is 0.865. The molecule has 1 aromatic carbocycles. The van der Waals surface area contributed by atoms with Gasteiger partial charge in [-0.05, 0) is 31.2 Å². The molecule has 1 aliphatic heterocycles. The highest BCUT2D eigenvalue weighted by molar-refractivity contribution is 6.35. The van der Waals surface area contributed by atoms with Crippen LogP contribution in [0.3, 0.4) is 0 Å². The number of hydrogen-bond donors (Lipinski definition) is 1. The van der Waals surface area contributed by atoms with Crippen LogP contribution in [-0.2, 0) is 0 Å². The molecular formula is C12H15Cl3N2O. The van der Waals surface area contributed by atoms with Gasteiger partial charge < -0.3 is 10.2 Å². The molecule has 0 spiro atoms. The monoisotopic (exact) mass is 308 g/mol. The summed E-state index contributed by atoms with van der Waals surface area (Å²) in [5.74, 6) is -0.00176. The first-order chi connectivity index (χ1) is 8.16. The molecule has 1 saturated heterocycles. The molecule has 1 N–H and O–H groups in total. The second kappa shape index (κ2) is 7.19. The summed E-state index contributed by atoms with van der Waals surface area (Å²) >= 11 is 11.8. The van der Waals surface area contributed by atoms with Crippen LogP contribution in [0.5, 0.6) is 0 Å². The van der Waals surface area contributed by atoms with Gasteiger partial charge in [0.25, 0.3) is 5.91 Å². The van der Waals surface area contributed by atoms with Gasteiger partial charge in [-0.15, -0.1) is 12.4 Å². The molecule has 6 heteroatoms. The Balaban J connectivity index is 0.00000162. The average molecular weight is 310 g/mol. The van der Waals surface area contributed by atoms with E-state index in [1.807, 2.05) is 4.90 Å². The van der Waals surface area contributed by atoms with Crippen LogP contribution >= 0.6 is 35.6 Å². The van der Waals surface area contributed by atoms with E-state index < -0.39 is 0 Å². The number of rotatable bonds is 1. The third-order valence-electron chi connectivity index (χ3n) is 2.74. The van der Waals surface area contributed by atoms with Crippen molar-refractivity contribution in [1.82, 2.24) is 10.2 Å². The van der Waals surface area contributed by atoms with Gasteiger partial charge in [0.2, 0.25) is 0 Å². The van der Waals surface area contributed by atoms with Gasteiger partial charge in [0.15, 0.2) is 0 Å². The maximum Gasteiger partial charge on any atom is 0.254 e. The highest BCUT2D eigenvalue weighted by Crippen LogP contribution is 2.20. The van der Waals surface area contributed by atoms with E-state index in [9.17, 15) is 4.79 Å². The molecule has 0 saturated carbocycles. The van der Waals surface area contributed by atoms with E-state index in [0.29, 0.717) is 15.6 Å². The van der Waals surface area contributed by atoms with Gasteiger partial charge in [-0.1, -0.05) is 23.2 Å². The molecule has 0 bridgehead atoms. The largest absolute Gasteiger partial charge is 0.337 e. The van der Waals surface area contributed by atoms with Crippen molar-refractivity contribution in [3.63, 3.8) is 0 Å². The van der Waals surface area contributed by atoms with Crippen LogP contribution in [0.2, 0.25) is 10.0 Å². The highest BCUT2D eigenvalue weighted by Gasteiger charge is 2.17. The molecule has 1 aliphatic rings. The van der Waals surface area contributed by atoms with Crippen molar-refractivity contribution < 1.29 is 4.79 Å². The van der Waals surface area contributed by atoms with E-state index in [2.05, 4.69) is 5.32 Å². The molecule has 1 heterocycles. The SMILES string of the molecule is Cl.O=C(c1cc(Cl)cc(Cl)c1)N1CCCNCC1. The maximum absolute atomic E-state index is 12.2. The highest BCUT2D eigenvalue weighted by atomic mass is 35.5. The lowest BCUT2D eigenvalue weighted by atomic mass is 10.2. The summed E-state index contributed by atoms with van der Waals surface area (Å²) in [6, 6.07) is 4.95. The van der Waals surface area contributed by atoms with Gasteiger partial charge in [0, 0.05) is 35.2 Å². The Morgan fingerprint density at radius 2 is 1.78 bits per heavy atom. The Bertz CT molecular complexity index is 398. The lowest BCUT2D eigenvalue weighted by Crippen LogP contribution is -2.34. The molecule has 100 valence electrons. The molecule has 0 radical (unpaired) electrons. The van der Waals surface area contributed by atoms with E-state index in [-0.39, 0.29) is 18.3 Å². The first kappa shape index (κ1) is 15.6. The zero-order valence-corrected chi connectivity index (χ0v) is 12.1. The fourth-order valence-corrected chi connectivity index (χ4v) is 2.43. The summed E-state index contributed by atoms with van der Waals surface area (Å²) in [6.45, 7) is 3.29. The molecule has 3 nitrogen and oxygen atoms in total. The van der Waals surface area contributed by atoms with Crippen molar-refractivity contribution in [2.45, 2.75) is 6.42 Å². The second-order valence-electron chi connectivity index (χ2n) is 4.05. The number of nitrogens with zero attached hydrogens (tertiary/aromatic N) is 1. The minimum absolute atomic E-state index is 0. The Labute approximate surface area is 123 Å². The minimum Gasteiger partial charge on any atom is -0.337 e. The van der Waals surface area contributed by atoms with Crippen LogP contribution < -0.4 is 5.32 Å². The van der Waals surface area contributed by atoms with Gasteiger partial charge in [-0.2, -0.15) is 0 Å². The van der Waals surface area contributed by atoms with E-state index in [1.165, 1.54) is 0 Å². The number of benzene rings is 1. The third kappa shape index (κ3) is 4.02. The van der Waals surface area contributed by atoms with Gasteiger partial charge >= 0.3 is 0 Å². The summed E-state index contributed by atoms with van der Waals surface area (Å²) in [4.78, 5) is 14.1. The minimum atomic E-state index is -0.00176. The Morgan fingerprint density at radius 1 is 1.11 bits per heavy atom. The molecule has 0 unspecified atom stereocenters. The van der Waals surface area contributed by atoms with Crippen molar-refractivity contribution in [1.29, 1.82) is 0 Å². The molecule has 0 aromatic heterocycles. The molecule has 1 fully saturated rings. The maximum atomic E-state index is 12.2. The molecule has 18 heavy (non-hydrogen) atoms. The van der Waals surface area contributed by atoms with E-state index in [4.69, 9.17) is 23.2 Å². The summed E-state index contributed by atoms with van der Waals surface area (Å²) in [5, 5.41) is 4.25. The third-order valence-corrected chi connectivity index (χ3v) is 3.17. The van der Waals surface area contributed by atoms with Crippen molar-refractivity contribution in [2.75, 3.05) is 26.2 Å². The normalized spacial score (nSPS) is 15.8. The summed E-state index contributed by atoms with van der Waals surface area (Å²) in [5.41, 5.74) is 0.560. The molecular weight excluding hydrogens is 295 g/mol. The molecule has 1 aromatic rings. The molecule has 2 rings (SSSR count). The Morgan fingerprint density at radius 3 is 2.44 bits per heavy atom. The second-order valence-corrected chi connectivity index (χ2v) is 4.93. The Hall–Kier alpha value is -0.480. The van der Waals surface area contributed by atoms with Crippen LogP contribution in [0.4, 0.5) is 0 Å². The summed E-state index contributed by atoms with van der Waals surface area (Å²) in [6.07, 6.45) is 0.972. The number of amides is 1. The van der Waals surface area contributed by atoms with Crippen molar-refractivity contribution in [3.8, 4) is 0 Å². The zero-order valence-electron chi connectivity index (χ0n) is 9.79. The number of halogens is 3. The fraction of sp³-hybridized carbons (Fsp3) is 0.417. The summed E-state index contributed by atoms with van der Waals surface area (Å²) < 4.78 is 0. The predicted molar refractivity (Wildman–Crippen MR) is 77.1 cm³/mol. The number of hydrogen-bond acceptors (Lipinski definition) is 2. The lowest BCUT2D eigenvalue weighted by Gasteiger charge is -2.20. The number of carbonyl (C=O) groups is 1. The van der Waals surface area contributed by atoms with Crippen LogP contribution in [0.25, 0.3) is 0 Å². The average Bonchev–Trinajstić information content (AvgIpc) is 2.55. The van der Waals surface area contributed by atoms with E-state index in [0.717, 1.165) is 32.6 Å². The fourth-order valence-electron chi connectivity index (χ4n) is 1.91. The van der Waals surface area contributed by atoms with Crippen LogP contribution in [0.1, 0.15) is 16.8 Å². The van der Waals surface area contributed by atoms with Crippen LogP contribution in [0, 0.1) is 0 Å². The molecule has 0 atom stereocenters. The number of nitrogens with one attached hydrogen (secondary N) is 1. The van der Waals surface area contributed by atoms with Crippen LogP contribution in [0.15, 0.2) is 18.2 Å². The lowest BCUT2D eigenvalue weighted by molar-refractivity contribution is 0.0766. The van der Waals surface area contributed by atoms with Crippen LogP contribution in [-0.4, -0.2) is 37.0 Å². The van der Waals surface area contributed by atoms with Crippen molar-refractivity contribution in [2.24, 2.45) is 0 Å². The Kier molecular flexibility index (Phi) is 6.22. The predicted octanol–water partition coefficient (Wildman–Crippen LogP) is 2.85.